The quantitative estimate of drug-likeness (QED) is 0.924. The van der Waals surface area contributed by atoms with Crippen molar-refractivity contribution in [3.63, 3.8) is 0 Å². The predicted molar refractivity (Wildman–Crippen MR) is 68.6 cm³/mol. The summed E-state index contributed by atoms with van der Waals surface area (Å²) < 4.78 is 60.8. The van der Waals surface area contributed by atoms with Gasteiger partial charge < -0.3 is 0 Å². The van der Waals surface area contributed by atoms with Gasteiger partial charge in [0.05, 0.1) is 5.69 Å². The van der Waals surface area contributed by atoms with Crippen molar-refractivity contribution in [3.8, 4) is 0 Å². The number of rotatable bonds is 3. The van der Waals surface area contributed by atoms with E-state index in [0.717, 1.165) is 11.1 Å². The van der Waals surface area contributed by atoms with E-state index >= 15 is 0 Å². The summed E-state index contributed by atoms with van der Waals surface area (Å²) in [4.78, 5) is 0. The van der Waals surface area contributed by atoms with Crippen LogP contribution in [0, 0.1) is 13.8 Å². The molecule has 0 atom stereocenters. The van der Waals surface area contributed by atoms with Gasteiger partial charge in [-0.05, 0) is 42.5 Å². The van der Waals surface area contributed by atoms with Crippen LogP contribution in [0.5, 0.6) is 0 Å². The molecule has 0 bridgehead atoms. The Kier molecular flexibility index (Phi) is 4.19. The topological polar surface area (TPSA) is 46.2 Å². The number of benzene rings is 1. The van der Waals surface area contributed by atoms with Gasteiger partial charge in [0.1, 0.15) is 0 Å². The van der Waals surface area contributed by atoms with Crippen LogP contribution in [-0.4, -0.2) is 13.9 Å². The molecule has 0 unspecified atom stereocenters. The molecule has 0 radical (unpaired) electrons. The highest BCUT2D eigenvalue weighted by Crippen LogP contribution is 2.30. The summed E-state index contributed by atoms with van der Waals surface area (Å²) in [5.41, 5.74) is -3.17. The maximum atomic E-state index is 12.3. The van der Waals surface area contributed by atoms with Gasteiger partial charge in [0.2, 0.25) is 0 Å². The van der Waals surface area contributed by atoms with Gasteiger partial charge in [-0.15, -0.1) is 0 Å². The molecule has 7 heteroatoms. The number of halogens is 3. The molecular weight excluding hydrogens is 279 g/mol. The standard InChI is InChI=1S/C12H16F3NO2S/c1-7(2)10-6-11(9(4)5-8(10)3)16-19(17,18)12(13,14)15/h5-7,16H,1-4H3. The molecule has 0 aromatic heterocycles. The van der Waals surface area contributed by atoms with Crippen molar-refractivity contribution in [3.05, 3.63) is 28.8 Å². The Morgan fingerprint density at radius 3 is 2.05 bits per heavy atom. The number of hydrogen-bond donors (Lipinski definition) is 1. The lowest BCUT2D eigenvalue weighted by Crippen LogP contribution is -2.30. The van der Waals surface area contributed by atoms with Gasteiger partial charge in [-0.25, -0.2) is 0 Å². The fourth-order valence-corrected chi connectivity index (χ4v) is 2.43. The SMILES string of the molecule is Cc1cc(C)c(C(C)C)cc1NS(=O)(=O)C(F)(F)F. The third-order valence-corrected chi connectivity index (χ3v) is 3.88. The van der Waals surface area contributed by atoms with Crippen LogP contribution in [0.4, 0.5) is 18.9 Å². The molecule has 0 spiro atoms. The molecular formula is C12H16F3NO2S. The smallest absolute Gasteiger partial charge is 0.276 e. The average molecular weight is 295 g/mol. The second-order valence-corrected chi connectivity index (χ2v) is 6.40. The molecule has 1 aromatic carbocycles. The highest BCUT2D eigenvalue weighted by atomic mass is 32.2. The van der Waals surface area contributed by atoms with Crippen LogP contribution in [0.3, 0.4) is 0 Å². The van der Waals surface area contributed by atoms with Crippen LogP contribution in [0.25, 0.3) is 0 Å². The second kappa shape index (κ2) is 5.03. The molecule has 0 fully saturated rings. The monoisotopic (exact) mass is 295 g/mol. The molecule has 108 valence electrons. The van der Waals surface area contributed by atoms with Gasteiger partial charge >= 0.3 is 15.5 Å². The van der Waals surface area contributed by atoms with Gasteiger partial charge in [-0.3, -0.25) is 4.72 Å². The van der Waals surface area contributed by atoms with Gasteiger partial charge in [-0.2, -0.15) is 21.6 Å². The molecule has 3 nitrogen and oxygen atoms in total. The van der Waals surface area contributed by atoms with E-state index in [-0.39, 0.29) is 11.6 Å². The van der Waals surface area contributed by atoms with E-state index in [4.69, 9.17) is 0 Å². The number of hydrogen-bond acceptors (Lipinski definition) is 2. The number of anilines is 1. The maximum absolute atomic E-state index is 12.3. The van der Waals surface area contributed by atoms with Crippen molar-refractivity contribution in [2.75, 3.05) is 4.72 Å². The normalized spacial score (nSPS) is 12.8. The first-order chi connectivity index (χ1) is 8.45. The molecule has 19 heavy (non-hydrogen) atoms. The minimum absolute atomic E-state index is 0.0355. The first-order valence-electron chi connectivity index (χ1n) is 5.66. The van der Waals surface area contributed by atoms with E-state index in [2.05, 4.69) is 0 Å². The first-order valence-corrected chi connectivity index (χ1v) is 7.14. The molecule has 0 saturated carbocycles. The largest absolute Gasteiger partial charge is 0.516 e. The number of sulfonamides is 1. The maximum Gasteiger partial charge on any atom is 0.516 e. The number of nitrogens with one attached hydrogen (secondary N) is 1. The summed E-state index contributed by atoms with van der Waals surface area (Å²) in [6, 6.07) is 3.13. The summed E-state index contributed by atoms with van der Waals surface area (Å²) in [5, 5.41) is 0. The summed E-state index contributed by atoms with van der Waals surface area (Å²) >= 11 is 0. The zero-order valence-electron chi connectivity index (χ0n) is 11.1. The Labute approximate surface area is 110 Å². The molecule has 0 aliphatic rings. The van der Waals surface area contributed by atoms with E-state index in [0.29, 0.717) is 5.56 Å². The molecule has 1 N–H and O–H groups in total. The average Bonchev–Trinajstić information content (AvgIpc) is 2.19. The van der Waals surface area contributed by atoms with Crippen LogP contribution in [0.1, 0.15) is 36.5 Å². The summed E-state index contributed by atoms with van der Waals surface area (Å²) in [5.74, 6) is 0.0924. The van der Waals surface area contributed by atoms with Crippen molar-refractivity contribution >= 4 is 15.7 Å². The fourth-order valence-electron chi connectivity index (χ4n) is 1.80. The Morgan fingerprint density at radius 1 is 1.11 bits per heavy atom. The molecule has 0 heterocycles. The van der Waals surface area contributed by atoms with E-state index < -0.39 is 15.5 Å². The van der Waals surface area contributed by atoms with Gasteiger partial charge in [0, 0.05) is 0 Å². The van der Waals surface area contributed by atoms with Crippen LogP contribution in [-0.2, 0) is 10.0 Å². The van der Waals surface area contributed by atoms with Crippen molar-refractivity contribution in [1.82, 2.24) is 0 Å². The van der Waals surface area contributed by atoms with Gasteiger partial charge in [0.25, 0.3) is 0 Å². The zero-order valence-corrected chi connectivity index (χ0v) is 11.9. The van der Waals surface area contributed by atoms with E-state index in [1.165, 1.54) is 6.07 Å². The lowest BCUT2D eigenvalue weighted by atomic mass is 9.95. The van der Waals surface area contributed by atoms with Crippen LogP contribution in [0.15, 0.2) is 12.1 Å². The zero-order chi connectivity index (χ0) is 15.0. The molecule has 0 aliphatic heterocycles. The summed E-state index contributed by atoms with van der Waals surface area (Å²) in [6.07, 6.45) is 0. The highest BCUT2D eigenvalue weighted by molar-refractivity contribution is 7.93. The Hall–Kier alpha value is -1.24. The summed E-state index contributed by atoms with van der Waals surface area (Å²) in [7, 11) is -5.38. The van der Waals surface area contributed by atoms with Crippen molar-refractivity contribution in [2.45, 2.75) is 39.1 Å². The molecule has 1 rings (SSSR count). The molecule has 0 saturated heterocycles. The van der Waals surface area contributed by atoms with Crippen molar-refractivity contribution in [2.24, 2.45) is 0 Å². The van der Waals surface area contributed by atoms with Crippen LogP contribution < -0.4 is 4.72 Å². The Morgan fingerprint density at radius 2 is 1.63 bits per heavy atom. The lowest BCUT2D eigenvalue weighted by molar-refractivity contribution is -0.0429. The third-order valence-electron chi connectivity index (χ3n) is 2.78. The minimum atomic E-state index is -5.38. The number of alkyl halides is 3. The molecule has 0 aliphatic carbocycles. The van der Waals surface area contributed by atoms with Gasteiger partial charge in [0.15, 0.2) is 0 Å². The van der Waals surface area contributed by atoms with E-state index in [1.807, 2.05) is 20.8 Å². The lowest BCUT2D eigenvalue weighted by Gasteiger charge is -2.17. The van der Waals surface area contributed by atoms with Gasteiger partial charge in [-0.1, -0.05) is 19.9 Å². The highest BCUT2D eigenvalue weighted by Gasteiger charge is 2.46. The second-order valence-electron chi connectivity index (χ2n) is 4.73. The van der Waals surface area contributed by atoms with Crippen molar-refractivity contribution in [1.29, 1.82) is 0 Å². The van der Waals surface area contributed by atoms with Crippen LogP contribution >= 0.6 is 0 Å². The summed E-state index contributed by atoms with van der Waals surface area (Å²) in [6.45, 7) is 7.18. The van der Waals surface area contributed by atoms with Crippen LogP contribution in [0.2, 0.25) is 0 Å². The Balaban J connectivity index is 3.27. The van der Waals surface area contributed by atoms with Crippen molar-refractivity contribution < 1.29 is 21.6 Å². The predicted octanol–water partition coefficient (Wildman–Crippen LogP) is 3.69. The third kappa shape index (κ3) is 3.40. The molecule has 0 amide bonds. The molecule has 1 aromatic rings. The van der Waals surface area contributed by atoms with E-state index in [1.54, 1.807) is 17.7 Å². The van der Waals surface area contributed by atoms with E-state index in [9.17, 15) is 21.6 Å². The minimum Gasteiger partial charge on any atom is -0.276 e. The number of aryl methyl sites for hydroxylation is 2. The Bertz CT molecular complexity index is 577. The fraction of sp³-hybridized carbons (Fsp3) is 0.500. The first kappa shape index (κ1) is 15.8.